The molecule has 0 aliphatic rings. The monoisotopic (exact) mass is 254 g/mol. The van der Waals surface area contributed by atoms with E-state index in [2.05, 4.69) is 29.1 Å². The molecule has 1 aromatic rings. The third-order valence-electron chi connectivity index (χ3n) is 2.08. The molecule has 1 rings (SSSR count). The van der Waals surface area contributed by atoms with Gasteiger partial charge >= 0.3 is 0 Å². The molecule has 0 aliphatic carbocycles. The van der Waals surface area contributed by atoms with Gasteiger partial charge in [-0.3, -0.25) is 4.79 Å². The minimum atomic E-state index is 0.000651. The number of aromatic nitrogens is 2. The predicted octanol–water partition coefficient (Wildman–Crippen LogP) is 1.31. The topological polar surface area (TPSA) is 80.9 Å². The average molecular weight is 254 g/mol. The number of amides is 1. The molecule has 0 spiro atoms. The first kappa shape index (κ1) is 13.8. The largest absolute Gasteiger partial charge is 0.381 e. The SMILES string of the molecule is CC(C)CCNC(=O)CSc1nccnc1N. The van der Waals surface area contributed by atoms with E-state index in [4.69, 9.17) is 5.73 Å². The van der Waals surface area contributed by atoms with Crippen molar-refractivity contribution >= 4 is 23.5 Å². The van der Waals surface area contributed by atoms with Gasteiger partial charge in [-0.05, 0) is 12.3 Å². The van der Waals surface area contributed by atoms with Crippen molar-refractivity contribution in [3.8, 4) is 0 Å². The normalized spacial score (nSPS) is 10.5. The molecule has 0 radical (unpaired) electrons. The third-order valence-corrected chi connectivity index (χ3v) is 3.07. The van der Waals surface area contributed by atoms with Gasteiger partial charge in [-0.15, -0.1) is 0 Å². The molecule has 0 fully saturated rings. The van der Waals surface area contributed by atoms with Crippen LogP contribution in [-0.2, 0) is 4.79 Å². The smallest absolute Gasteiger partial charge is 0.230 e. The Morgan fingerprint density at radius 3 is 2.82 bits per heavy atom. The van der Waals surface area contributed by atoms with Crippen molar-refractivity contribution in [1.82, 2.24) is 15.3 Å². The van der Waals surface area contributed by atoms with Crippen molar-refractivity contribution < 1.29 is 4.79 Å². The number of carbonyl (C=O) groups is 1. The maximum absolute atomic E-state index is 11.5. The lowest BCUT2D eigenvalue weighted by atomic mass is 10.1. The second-order valence-corrected chi connectivity index (χ2v) is 5.03. The molecule has 17 heavy (non-hydrogen) atoms. The van der Waals surface area contributed by atoms with Gasteiger partial charge < -0.3 is 11.1 Å². The van der Waals surface area contributed by atoms with E-state index in [9.17, 15) is 4.79 Å². The number of thioether (sulfide) groups is 1. The lowest BCUT2D eigenvalue weighted by Gasteiger charge is -2.07. The number of nitrogen functional groups attached to an aromatic ring is 1. The van der Waals surface area contributed by atoms with E-state index >= 15 is 0 Å². The number of nitrogens with two attached hydrogens (primary N) is 1. The number of nitrogens with zero attached hydrogens (tertiary/aromatic N) is 2. The van der Waals surface area contributed by atoms with E-state index in [1.54, 1.807) is 6.20 Å². The molecular formula is C11H18N4OS. The van der Waals surface area contributed by atoms with E-state index in [0.29, 0.717) is 29.1 Å². The van der Waals surface area contributed by atoms with Crippen LogP contribution in [0, 0.1) is 5.92 Å². The zero-order chi connectivity index (χ0) is 12.7. The first-order valence-electron chi connectivity index (χ1n) is 5.55. The molecule has 5 nitrogen and oxygen atoms in total. The van der Waals surface area contributed by atoms with Gasteiger partial charge in [0.25, 0.3) is 0 Å². The summed E-state index contributed by atoms with van der Waals surface area (Å²) in [5, 5.41) is 3.46. The van der Waals surface area contributed by atoms with E-state index in [1.807, 2.05) is 0 Å². The van der Waals surface area contributed by atoms with Crippen LogP contribution in [0.5, 0.6) is 0 Å². The highest BCUT2D eigenvalue weighted by atomic mass is 32.2. The predicted molar refractivity (Wildman–Crippen MR) is 69.6 cm³/mol. The molecule has 0 saturated heterocycles. The van der Waals surface area contributed by atoms with Gasteiger partial charge in [-0.1, -0.05) is 25.6 Å². The summed E-state index contributed by atoms with van der Waals surface area (Å²) >= 11 is 1.30. The zero-order valence-electron chi connectivity index (χ0n) is 10.1. The number of anilines is 1. The molecule has 3 N–H and O–H groups in total. The van der Waals surface area contributed by atoms with Gasteiger partial charge in [-0.2, -0.15) is 0 Å². The van der Waals surface area contributed by atoms with Crippen LogP contribution < -0.4 is 11.1 Å². The fourth-order valence-corrected chi connectivity index (χ4v) is 1.84. The fourth-order valence-electron chi connectivity index (χ4n) is 1.13. The Morgan fingerprint density at radius 1 is 1.47 bits per heavy atom. The van der Waals surface area contributed by atoms with Gasteiger partial charge in [0.2, 0.25) is 5.91 Å². The highest BCUT2D eigenvalue weighted by Crippen LogP contribution is 2.18. The van der Waals surface area contributed by atoms with Crippen molar-refractivity contribution in [1.29, 1.82) is 0 Å². The standard InChI is InChI=1S/C11H18N4OS/c1-8(2)3-4-13-9(16)7-17-11-10(12)14-5-6-15-11/h5-6,8H,3-4,7H2,1-2H3,(H2,12,14)(H,13,16). The molecule has 0 aromatic carbocycles. The molecule has 0 saturated carbocycles. The summed E-state index contributed by atoms with van der Waals surface area (Å²) in [7, 11) is 0. The van der Waals surface area contributed by atoms with Crippen LogP contribution in [0.3, 0.4) is 0 Å². The summed E-state index contributed by atoms with van der Waals surface area (Å²) in [5.74, 6) is 1.29. The van der Waals surface area contributed by atoms with Gasteiger partial charge in [0.15, 0.2) is 5.82 Å². The Balaban J connectivity index is 2.26. The van der Waals surface area contributed by atoms with E-state index in [0.717, 1.165) is 6.42 Å². The Bertz CT molecular complexity index is 370. The fraction of sp³-hybridized carbons (Fsp3) is 0.545. The van der Waals surface area contributed by atoms with Gasteiger partial charge in [0, 0.05) is 18.9 Å². The number of nitrogens with one attached hydrogen (secondary N) is 1. The van der Waals surface area contributed by atoms with Gasteiger partial charge in [0.1, 0.15) is 5.03 Å². The molecule has 0 aliphatic heterocycles. The molecule has 6 heteroatoms. The zero-order valence-corrected chi connectivity index (χ0v) is 11.0. The summed E-state index contributed by atoms with van der Waals surface area (Å²) in [4.78, 5) is 19.4. The Hall–Kier alpha value is -1.30. The highest BCUT2D eigenvalue weighted by molar-refractivity contribution is 8.00. The minimum absolute atomic E-state index is 0.000651. The molecule has 0 atom stereocenters. The number of hydrogen-bond acceptors (Lipinski definition) is 5. The van der Waals surface area contributed by atoms with E-state index in [-0.39, 0.29) is 5.91 Å². The van der Waals surface area contributed by atoms with Crippen LogP contribution in [0.15, 0.2) is 17.4 Å². The van der Waals surface area contributed by atoms with Crippen LogP contribution in [0.4, 0.5) is 5.82 Å². The first-order valence-corrected chi connectivity index (χ1v) is 6.54. The van der Waals surface area contributed by atoms with Crippen molar-refractivity contribution in [3.05, 3.63) is 12.4 Å². The maximum Gasteiger partial charge on any atom is 0.230 e. The average Bonchev–Trinajstić information content (AvgIpc) is 2.27. The van der Waals surface area contributed by atoms with Crippen molar-refractivity contribution in [2.24, 2.45) is 5.92 Å². The van der Waals surface area contributed by atoms with Crippen molar-refractivity contribution in [2.45, 2.75) is 25.3 Å². The summed E-state index contributed by atoms with van der Waals surface area (Å²) in [6, 6.07) is 0. The summed E-state index contributed by atoms with van der Waals surface area (Å²) in [6.07, 6.45) is 4.08. The quantitative estimate of drug-likeness (QED) is 0.748. The van der Waals surface area contributed by atoms with Crippen LogP contribution in [0.25, 0.3) is 0 Å². The molecule has 1 amide bonds. The Labute approximate surface area is 106 Å². The third kappa shape index (κ3) is 5.53. The lowest BCUT2D eigenvalue weighted by Crippen LogP contribution is -2.27. The summed E-state index contributed by atoms with van der Waals surface area (Å²) in [6.45, 7) is 4.97. The van der Waals surface area contributed by atoms with Crippen molar-refractivity contribution in [3.63, 3.8) is 0 Å². The summed E-state index contributed by atoms with van der Waals surface area (Å²) < 4.78 is 0. The number of carbonyl (C=O) groups excluding carboxylic acids is 1. The van der Waals surface area contributed by atoms with Crippen LogP contribution in [0.1, 0.15) is 20.3 Å². The van der Waals surface area contributed by atoms with Crippen LogP contribution in [0.2, 0.25) is 0 Å². The molecule has 1 heterocycles. The van der Waals surface area contributed by atoms with E-state index < -0.39 is 0 Å². The number of hydrogen-bond donors (Lipinski definition) is 2. The van der Waals surface area contributed by atoms with Gasteiger partial charge in [-0.25, -0.2) is 9.97 Å². The van der Waals surface area contributed by atoms with Crippen LogP contribution in [-0.4, -0.2) is 28.2 Å². The van der Waals surface area contributed by atoms with E-state index in [1.165, 1.54) is 18.0 Å². The molecule has 1 aromatic heterocycles. The highest BCUT2D eigenvalue weighted by Gasteiger charge is 2.06. The molecule has 0 unspecified atom stereocenters. The minimum Gasteiger partial charge on any atom is -0.381 e. The lowest BCUT2D eigenvalue weighted by molar-refractivity contribution is -0.118. The second-order valence-electron chi connectivity index (χ2n) is 4.07. The summed E-state index contributed by atoms with van der Waals surface area (Å²) in [5.41, 5.74) is 5.62. The molecule has 94 valence electrons. The number of rotatable bonds is 6. The van der Waals surface area contributed by atoms with Crippen molar-refractivity contribution in [2.75, 3.05) is 18.0 Å². The maximum atomic E-state index is 11.5. The molecular weight excluding hydrogens is 236 g/mol. The first-order chi connectivity index (χ1) is 8.09. The Kier molecular flexibility index (Phi) is 5.76. The second kappa shape index (κ2) is 7.11. The van der Waals surface area contributed by atoms with Crippen LogP contribution >= 0.6 is 11.8 Å². The molecule has 0 bridgehead atoms. The Morgan fingerprint density at radius 2 is 2.18 bits per heavy atom. The van der Waals surface area contributed by atoms with Gasteiger partial charge in [0.05, 0.1) is 5.75 Å².